The highest BCUT2D eigenvalue weighted by atomic mass is 16.2. The molecule has 2 aromatic heterocycles. The molecule has 0 bridgehead atoms. The highest BCUT2D eigenvalue weighted by molar-refractivity contribution is 6.04. The lowest BCUT2D eigenvalue weighted by Gasteiger charge is -2.12. The maximum atomic E-state index is 12.9. The van der Waals surface area contributed by atoms with Gasteiger partial charge in [-0.25, -0.2) is 4.68 Å². The Morgan fingerprint density at radius 2 is 1.65 bits per heavy atom. The van der Waals surface area contributed by atoms with Crippen molar-refractivity contribution in [3.05, 3.63) is 93.7 Å². The monoisotopic (exact) mass is 415 g/mol. The fraction of sp³-hybridized carbons (Fsp3) is 0.250. The van der Waals surface area contributed by atoms with Crippen molar-refractivity contribution in [2.75, 3.05) is 6.54 Å². The van der Waals surface area contributed by atoms with Crippen LogP contribution >= 0.6 is 0 Å². The lowest BCUT2D eigenvalue weighted by Crippen LogP contribution is -2.31. The Hall–Kier alpha value is -3.74. The van der Waals surface area contributed by atoms with Crippen molar-refractivity contribution >= 4 is 16.7 Å². The Balaban J connectivity index is 1.54. The van der Waals surface area contributed by atoms with E-state index in [-0.39, 0.29) is 17.2 Å². The number of nitrogens with one attached hydrogen (secondary N) is 1. The maximum Gasteiger partial charge on any atom is 0.274 e. The molecule has 0 saturated carbocycles. The molecule has 0 radical (unpaired) electrons. The second-order valence-electron chi connectivity index (χ2n) is 7.60. The third-order valence-corrected chi connectivity index (χ3v) is 5.19. The molecular formula is C24H25N5O2. The average Bonchev–Trinajstić information content (AvgIpc) is 3.10. The van der Waals surface area contributed by atoms with Crippen LogP contribution in [0.15, 0.2) is 65.5 Å². The predicted octanol–water partition coefficient (Wildman–Crippen LogP) is 3.08. The van der Waals surface area contributed by atoms with Crippen LogP contribution in [0, 0.1) is 13.8 Å². The van der Waals surface area contributed by atoms with Gasteiger partial charge in [0, 0.05) is 24.2 Å². The van der Waals surface area contributed by atoms with Gasteiger partial charge < -0.3 is 5.32 Å². The number of amides is 1. The second-order valence-corrected chi connectivity index (χ2v) is 7.60. The first-order valence-electron chi connectivity index (χ1n) is 10.4. The van der Waals surface area contributed by atoms with Gasteiger partial charge in [0.2, 0.25) is 0 Å². The number of aryl methyl sites for hydroxylation is 3. The molecule has 4 rings (SSSR count). The molecule has 0 fully saturated rings. The van der Waals surface area contributed by atoms with Crippen LogP contribution in [0.25, 0.3) is 10.8 Å². The number of benzene rings is 2. The summed E-state index contributed by atoms with van der Waals surface area (Å²) in [7, 11) is 0. The van der Waals surface area contributed by atoms with E-state index < -0.39 is 0 Å². The van der Waals surface area contributed by atoms with Crippen LogP contribution in [0.5, 0.6) is 0 Å². The molecule has 1 amide bonds. The third-order valence-electron chi connectivity index (χ3n) is 5.19. The number of hydrogen-bond donors (Lipinski definition) is 1. The number of fused-ring (bicyclic) bond motifs is 1. The van der Waals surface area contributed by atoms with Gasteiger partial charge in [0.1, 0.15) is 0 Å². The zero-order chi connectivity index (χ0) is 21.8. The first-order valence-corrected chi connectivity index (χ1v) is 10.4. The Labute approximate surface area is 180 Å². The Morgan fingerprint density at radius 3 is 2.35 bits per heavy atom. The van der Waals surface area contributed by atoms with E-state index in [0.29, 0.717) is 23.9 Å². The van der Waals surface area contributed by atoms with Gasteiger partial charge in [-0.2, -0.15) is 10.2 Å². The van der Waals surface area contributed by atoms with Crippen LogP contribution in [-0.4, -0.2) is 32.0 Å². The van der Waals surface area contributed by atoms with Gasteiger partial charge in [0.15, 0.2) is 5.69 Å². The summed E-state index contributed by atoms with van der Waals surface area (Å²) < 4.78 is 3.30. The number of rotatable bonds is 7. The summed E-state index contributed by atoms with van der Waals surface area (Å²) in [6, 6.07) is 18.8. The smallest absolute Gasteiger partial charge is 0.274 e. The van der Waals surface area contributed by atoms with Gasteiger partial charge in [-0.3, -0.25) is 14.3 Å². The number of hydrogen-bond acceptors (Lipinski definition) is 4. The fourth-order valence-corrected chi connectivity index (χ4v) is 3.68. The predicted molar refractivity (Wildman–Crippen MR) is 120 cm³/mol. The lowest BCUT2D eigenvalue weighted by molar-refractivity contribution is 0.0947. The summed E-state index contributed by atoms with van der Waals surface area (Å²) in [4.78, 5) is 25.9. The topological polar surface area (TPSA) is 81.8 Å². The molecule has 0 aliphatic rings. The van der Waals surface area contributed by atoms with Gasteiger partial charge in [0.25, 0.3) is 11.5 Å². The van der Waals surface area contributed by atoms with Gasteiger partial charge in [-0.1, -0.05) is 48.5 Å². The van der Waals surface area contributed by atoms with E-state index in [0.717, 1.165) is 29.9 Å². The van der Waals surface area contributed by atoms with Crippen LogP contribution in [0.4, 0.5) is 0 Å². The Kier molecular flexibility index (Phi) is 5.93. The van der Waals surface area contributed by atoms with Crippen LogP contribution in [0.3, 0.4) is 0 Å². The van der Waals surface area contributed by atoms with E-state index in [1.54, 1.807) is 18.2 Å². The fourth-order valence-electron chi connectivity index (χ4n) is 3.68. The lowest BCUT2D eigenvalue weighted by atomic mass is 10.1. The average molecular weight is 415 g/mol. The summed E-state index contributed by atoms with van der Waals surface area (Å²) in [5.74, 6) is -0.286. The molecule has 2 aromatic carbocycles. The molecule has 0 aliphatic heterocycles. The van der Waals surface area contributed by atoms with Gasteiger partial charge in [-0.05, 0) is 38.0 Å². The molecule has 0 unspecified atom stereocenters. The van der Waals surface area contributed by atoms with Crippen molar-refractivity contribution in [1.82, 2.24) is 24.9 Å². The van der Waals surface area contributed by atoms with Crippen LogP contribution < -0.4 is 10.9 Å². The Bertz CT molecular complexity index is 1270. The standard InChI is InChI=1S/C24H25N5O2/c1-17-15-18(2)28(26-17)14-8-13-25-23(30)22-20-11-6-7-12-21(20)24(31)29(27-22)16-19-9-4-3-5-10-19/h3-7,9-12,15H,8,13-14,16H2,1-2H3,(H,25,30). The molecule has 0 atom stereocenters. The van der Waals surface area contributed by atoms with Crippen molar-refractivity contribution in [2.24, 2.45) is 0 Å². The zero-order valence-electron chi connectivity index (χ0n) is 17.7. The largest absolute Gasteiger partial charge is 0.351 e. The first kappa shape index (κ1) is 20.5. The van der Waals surface area contributed by atoms with Crippen molar-refractivity contribution in [2.45, 2.75) is 33.4 Å². The molecule has 31 heavy (non-hydrogen) atoms. The second kappa shape index (κ2) is 8.95. The summed E-state index contributed by atoms with van der Waals surface area (Å²) >= 11 is 0. The minimum Gasteiger partial charge on any atom is -0.351 e. The van der Waals surface area contributed by atoms with Gasteiger partial charge in [0.05, 0.1) is 17.6 Å². The molecule has 2 heterocycles. The molecule has 4 aromatic rings. The summed E-state index contributed by atoms with van der Waals surface area (Å²) in [5.41, 5.74) is 3.09. The van der Waals surface area contributed by atoms with Crippen LogP contribution in [0.1, 0.15) is 33.9 Å². The van der Waals surface area contributed by atoms with Crippen molar-refractivity contribution in [3.63, 3.8) is 0 Å². The van der Waals surface area contributed by atoms with Crippen molar-refractivity contribution in [1.29, 1.82) is 0 Å². The van der Waals surface area contributed by atoms with E-state index in [1.807, 2.05) is 61.0 Å². The summed E-state index contributed by atoms with van der Waals surface area (Å²) in [6.45, 7) is 5.51. The molecule has 158 valence electrons. The molecule has 0 aliphatic carbocycles. The normalized spacial score (nSPS) is 11.0. The zero-order valence-corrected chi connectivity index (χ0v) is 17.7. The maximum absolute atomic E-state index is 12.9. The molecular weight excluding hydrogens is 390 g/mol. The first-order chi connectivity index (χ1) is 15.0. The SMILES string of the molecule is Cc1cc(C)n(CCCNC(=O)c2nn(Cc3ccccc3)c(=O)c3ccccc23)n1. The third kappa shape index (κ3) is 4.55. The molecule has 7 nitrogen and oxygen atoms in total. The number of carbonyl (C=O) groups excluding carboxylic acids is 1. The van der Waals surface area contributed by atoms with Gasteiger partial charge >= 0.3 is 0 Å². The Morgan fingerprint density at radius 1 is 0.935 bits per heavy atom. The van der Waals surface area contributed by atoms with Gasteiger partial charge in [-0.15, -0.1) is 0 Å². The van der Waals surface area contributed by atoms with Crippen LogP contribution in [-0.2, 0) is 13.1 Å². The molecule has 1 N–H and O–H groups in total. The van der Waals surface area contributed by atoms with E-state index in [1.165, 1.54) is 4.68 Å². The summed E-state index contributed by atoms with van der Waals surface area (Å²) in [6.07, 6.45) is 0.745. The summed E-state index contributed by atoms with van der Waals surface area (Å²) in [5, 5.41) is 12.9. The number of aromatic nitrogens is 4. The highest BCUT2D eigenvalue weighted by Crippen LogP contribution is 2.14. The highest BCUT2D eigenvalue weighted by Gasteiger charge is 2.16. The van der Waals surface area contributed by atoms with E-state index in [9.17, 15) is 9.59 Å². The number of nitrogens with zero attached hydrogens (tertiary/aromatic N) is 4. The number of carbonyl (C=O) groups is 1. The van der Waals surface area contributed by atoms with E-state index in [2.05, 4.69) is 15.5 Å². The molecule has 0 saturated heterocycles. The van der Waals surface area contributed by atoms with E-state index >= 15 is 0 Å². The van der Waals surface area contributed by atoms with E-state index in [4.69, 9.17) is 0 Å². The molecule has 7 heteroatoms. The van der Waals surface area contributed by atoms with Crippen molar-refractivity contribution < 1.29 is 4.79 Å². The minimum atomic E-state index is -0.286. The minimum absolute atomic E-state index is 0.208. The van der Waals surface area contributed by atoms with Crippen LogP contribution in [0.2, 0.25) is 0 Å². The quantitative estimate of drug-likeness (QED) is 0.470. The van der Waals surface area contributed by atoms with Crippen molar-refractivity contribution in [3.8, 4) is 0 Å². The molecule has 0 spiro atoms.